The molecule has 0 atom stereocenters. The van der Waals surface area contributed by atoms with Crippen LogP contribution in [0, 0.1) is 0 Å². The number of fused-ring (bicyclic) bond motifs is 1. The average molecular weight is 356 g/mol. The number of amides is 1. The lowest BCUT2D eigenvalue weighted by Crippen LogP contribution is -2.28. The Morgan fingerprint density at radius 1 is 1.19 bits per heavy atom. The first-order valence-corrected chi connectivity index (χ1v) is 8.71. The molecule has 0 spiro atoms. The van der Waals surface area contributed by atoms with Crippen LogP contribution < -0.4 is 24.4 Å². The van der Waals surface area contributed by atoms with Crippen molar-refractivity contribution in [2.75, 3.05) is 45.4 Å². The molecule has 0 unspecified atom stereocenters. The highest BCUT2D eigenvalue weighted by molar-refractivity contribution is 5.95. The van der Waals surface area contributed by atoms with Gasteiger partial charge in [0.05, 0.1) is 7.11 Å². The van der Waals surface area contributed by atoms with Crippen molar-refractivity contribution < 1.29 is 19.0 Å². The van der Waals surface area contributed by atoms with Gasteiger partial charge in [-0.05, 0) is 30.7 Å². The molecule has 26 heavy (non-hydrogen) atoms. The molecule has 6 nitrogen and oxygen atoms in total. The van der Waals surface area contributed by atoms with Crippen molar-refractivity contribution in [2.45, 2.75) is 6.42 Å². The minimum atomic E-state index is -0.150. The molecule has 6 heteroatoms. The first-order valence-electron chi connectivity index (χ1n) is 8.71. The summed E-state index contributed by atoms with van der Waals surface area (Å²) >= 11 is 0. The fourth-order valence-corrected chi connectivity index (χ4v) is 2.84. The molecular weight excluding hydrogens is 332 g/mol. The fraction of sp³-hybridized carbons (Fsp3) is 0.350. The molecular formula is C20H24N2O4. The summed E-state index contributed by atoms with van der Waals surface area (Å²) in [5.74, 6) is 1.46. The number of methoxy groups -OCH3 is 1. The standard InChI is InChI=1S/C20H24N2O4/c1-22(16-7-4-3-5-8-16)10-6-9-21-20(23)15-13-17(24-2)19-18(14-15)25-11-12-26-19/h3-5,7-8,13-14H,6,9-12H2,1-2H3,(H,21,23). The van der Waals surface area contributed by atoms with Crippen molar-refractivity contribution in [3.63, 3.8) is 0 Å². The molecule has 0 aromatic heterocycles. The van der Waals surface area contributed by atoms with Crippen LogP contribution in [0.5, 0.6) is 17.2 Å². The molecule has 0 radical (unpaired) electrons. The van der Waals surface area contributed by atoms with Gasteiger partial charge in [-0.2, -0.15) is 0 Å². The van der Waals surface area contributed by atoms with E-state index in [2.05, 4.69) is 22.3 Å². The van der Waals surface area contributed by atoms with Crippen molar-refractivity contribution in [1.82, 2.24) is 5.32 Å². The van der Waals surface area contributed by atoms with Crippen molar-refractivity contribution in [3.8, 4) is 17.2 Å². The van der Waals surface area contributed by atoms with E-state index in [-0.39, 0.29) is 5.91 Å². The van der Waals surface area contributed by atoms with Gasteiger partial charge in [0, 0.05) is 31.4 Å². The highest BCUT2D eigenvalue weighted by Crippen LogP contribution is 2.40. The molecule has 3 rings (SSSR count). The van der Waals surface area contributed by atoms with Gasteiger partial charge in [0.25, 0.3) is 5.91 Å². The van der Waals surface area contributed by atoms with Crippen LogP contribution in [0.3, 0.4) is 0 Å². The smallest absolute Gasteiger partial charge is 0.251 e. The number of carbonyl (C=O) groups is 1. The van der Waals surface area contributed by atoms with Gasteiger partial charge < -0.3 is 24.4 Å². The second-order valence-electron chi connectivity index (χ2n) is 6.07. The van der Waals surface area contributed by atoms with Crippen LogP contribution in [0.15, 0.2) is 42.5 Å². The number of ether oxygens (including phenoxy) is 3. The largest absolute Gasteiger partial charge is 0.493 e. The number of hydrogen-bond donors (Lipinski definition) is 1. The third-order valence-electron chi connectivity index (χ3n) is 4.24. The monoisotopic (exact) mass is 356 g/mol. The van der Waals surface area contributed by atoms with E-state index in [1.54, 1.807) is 19.2 Å². The van der Waals surface area contributed by atoms with E-state index in [4.69, 9.17) is 14.2 Å². The Morgan fingerprint density at radius 3 is 2.73 bits per heavy atom. The quantitative estimate of drug-likeness (QED) is 0.773. The predicted molar refractivity (Wildman–Crippen MR) is 101 cm³/mol. The molecule has 0 aliphatic carbocycles. The van der Waals surface area contributed by atoms with E-state index < -0.39 is 0 Å². The van der Waals surface area contributed by atoms with Gasteiger partial charge in [-0.3, -0.25) is 4.79 Å². The molecule has 0 bridgehead atoms. The lowest BCUT2D eigenvalue weighted by Gasteiger charge is -2.21. The first-order chi connectivity index (χ1) is 12.7. The lowest BCUT2D eigenvalue weighted by atomic mass is 10.1. The zero-order valence-electron chi connectivity index (χ0n) is 15.2. The van der Waals surface area contributed by atoms with Gasteiger partial charge in [-0.25, -0.2) is 0 Å². The van der Waals surface area contributed by atoms with Crippen LogP contribution in [0.1, 0.15) is 16.8 Å². The predicted octanol–water partition coefficient (Wildman–Crippen LogP) is 2.72. The highest BCUT2D eigenvalue weighted by Gasteiger charge is 2.20. The summed E-state index contributed by atoms with van der Waals surface area (Å²) in [6, 6.07) is 13.5. The SMILES string of the molecule is COc1cc(C(=O)NCCCN(C)c2ccccc2)cc2c1OCCO2. The van der Waals surface area contributed by atoms with E-state index in [0.29, 0.717) is 42.6 Å². The number of benzene rings is 2. The molecule has 138 valence electrons. The second kappa shape index (κ2) is 8.47. The number of hydrogen-bond acceptors (Lipinski definition) is 5. The Labute approximate surface area is 153 Å². The van der Waals surface area contributed by atoms with Crippen molar-refractivity contribution in [1.29, 1.82) is 0 Å². The topological polar surface area (TPSA) is 60.0 Å². The summed E-state index contributed by atoms with van der Waals surface area (Å²) in [7, 11) is 3.59. The molecule has 2 aromatic carbocycles. The number of nitrogens with one attached hydrogen (secondary N) is 1. The summed E-state index contributed by atoms with van der Waals surface area (Å²) in [5.41, 5.74) is 1.66. The van der Waals surface area contributed by atoms with Crippen molar-refractivity contribution in [3.05, 3.63) is 48.0 Å². The molecule has 0 saturated heterocycles. The molecule has 0 fully saturated rings. The Morgan fingerprint density at radius 2 is 1.96 bits per heavy atom. The third kappa shape index (κ3) is 4.20. The second-order valence-corrected chi connectivity index (χ2v) is 6.07. The minimum Gasteiger partial charge on any atom is -0.493 e. The fourth-order valence-electron chi connectivity index (χ4n) is 2.84. The average Bonchev–Trinajstić information content (AvgIpc) is 2.70. The van der Waals surface area contributed by atoms with E-state index in [1.807, 2.05) is 25.2 Å². The summed E-state index contributed by atoms with van der Waals surface area (Å²) in [6.07, 6.45) is 0.846. The van der Waals surface area contributed by atoms with Crippen LogP contribution in [-0.2, 0) is 0 Å². The third-order valence-corrected chi connectivity index (χ3v) is 4.24. The van der Waals surface area contributed by atoms with Gasteiger partial charge in [-0.15, -0.1) is 0 Å². The Hall–Kier alpha value is -2.89. The molecule has 1 heterocycles. The normalized spacial score (nSPS) is 12.4. The van der Waals surface area contributed by atoms with Gasteiger partial charge >= 0.3 is 0 Å². The summed E-state index contributed by atoms with van der Waals surface area (Å²) in [4.78, 5) is 14.6. The van der Waals surface area contributed by atoms with E-state index >= 15 is 0 Å². The molecule has 1 aliphatic heterocycles. The van der Waals surface area contributed by atoms with Gasteiger partial charge in [0.2, 0.25) is 5.75 Å². The van der Waals surface area contributed by atoms with E-state index in [9.17, 15) is 4.79 Å². The zero-order valence-corrected chi connectivity index (χ0v) is 15.2. The molecule has 1 amide bonds. The number of rotatable bonds is 7. The maximum absolute atomic E-state index is 12.4. The maximum atomic E-state index is 12.4. The zero-order chi connectivity index (χ0) is 18.4. The number of carbonyl (C=O) groups excluding carboxylic acids is 1. The summed E-state index contributed by atoms with van der Waals surface area (Å²) < 4.78 is 16.4. The number of para-hydroxylation sites is 1. The molecule has 0 saturated carbocycles. The maximum Gasteiger partial charge on any atom is 0.251 e. The Balaban J connectivity index is 1.54. The number of anilines is 1. The minimum absolute atomic E-state index is 0.150. The summed E-state index contributed by atoms with van der Waals surface area (Å²) in [5, 5.41) is 2.95. The number of nitrogens with zero attached hydrogens (tertiary/aromatic N) is 1. The Kier molecular flexibility index (Phi) is 5.84. The van der Waals surface area contributed by atoms with E-state index in [1.165, 1.54) is 0 Å². The van der Waals surface area contributed by atoms with Crippen LogP contribution >= 0.6 is 0 Å². The van der Waals surface area contributed by atoms with Crippen LogP contribution in [0.25, 0.3) is 0 Å². The van der Waals surface area contributed by atoms with Crippen molar-refractivity contribution in [2.24, 2.45) is 0 Å². The van der Waals surface area contributed by atoms with E-state index in [0.717, 1.165) is 18.7 Å². The highest BCUT2D eigenvalue weighted by atomic mass is 16.6. The first kappa shape index (κ1) is 17.9. The van der Waals surface area contributed by atoms with Gasteiger partial charge in [0.1, 0.15) is 13.2 Å². The van der Waals surface area contributed by atoms with Crippen LogP contribution in [0.2, 0.25) is 0 Å². The van der Waals surface area contributed by atoms with Gasteiger partial charge in [-0.1, -0.05) is 18.2 Å². The molecule has 2 aromatic rings. The Bertz CT molecular complexity index is 732. The lowest BCUT2D eigenvalue weighted by molar-refractivity contribution is 0.0951. The van der Waals surface area contributed by atoms with Crippen molar-refractivity contribution >= 4 is 11.6 Å². The summed E-state index contributed by atoms with van der Waals surface area (Å²) in [6.45, 7) is 2.39. The van der Waals surface area contributed by atoms with Crippen LogP contribution in [0.4, 0.5) is 5.69 Å². The molecule has 1 N–H and O–H groups in total. The molecule has 1 aliphatic rings. The van der Waals surface area contributed by atoms with Gasteiger partial charge in [0.15, 0.2) is 11.5 Å². The van der Waals surface area contributed by atoms with Crippen LogP contribution in [-0.4, -0.2) is 46.4 Å².